The summed E-state index contributed by atoms with van der Waals surface area (Å²) in [5.74, 6) is 0.779. The third-order valence-electron chi connectivity index (χ3n) is 3.18. The fourth-order valence-electron chi connectivity index (χ4n) is 2.04. The van der Waals surface area contributed by atoms with E-state index in [0.29, 0.717) is 12.5 Å². The van der Waals surface area contributed by atoms with E-state index in [2.05, 4.69) is 20.2 Å². The smallest absolute Gasteiger partial charge is 0.222 e. The van der Waals surface area contributed by atoms with Crippen molar-refractivity contribution in [2.24, 2.45) is 0 Å². The van der Waals surface area contributed by atoms with Crippen molar-refractivity contribution in [3.8, 4) is 5.75 Å². The number of ether oxygens (including phenoxy) is 1. The van der Waals surface area contributed by atoms with Gasteiger partial charge in [-0.15, -0.1) is 0 Å². The molecule has 2 rings (SSSR count). The van der Waals surface area contributed by atoms with E-state index in [4.69, 9.17) is 4.74 Å². The molecule has 2 aromatic rings. The number of hydrogen-bond donors (Lipinski definition) is 1. The summed E-state index contributed by atoms with van der Waals surface area (Å²) in [6, 6.07) is 8.03. The Labute approximate surface area is 123 Å². The van der Waals surface area contributed by atoms with Crippen LogP contribution in [0, 0.1) is 5.82 Å². The molecule has 0 saturated carbocycles. The van der Waals surface area contributed by atoms with Crippen LogP contribution >= 0.6 is 0 Å². The quantitative estimate of drug-likeness (QED) is 0.885. The third-order valence-corrected chi connectivity index (χ3v) is 3.18. The lowest BCUT2D eigenvalue weighted by Gasteiger charge is -2.25. The van der Waals surface area contributed by atoms with Crippen molar-refractivity contribution in [2.75, 3.05) is 33.1 Å². The van der Waals surface area contributed by atoms with Crippen molar-refractivity contribution in [3.63, 3.8) is 0 Å². The molecule has 0 aliphatic heterocycles. The molecule has 0 aliphatic carbocycles. The zero-order valence-electron chi connectivity index (χ0n) is 12.4. The van der Waals surface area contributed by atoms with Crippen LogP contribution in [0.2, 0.25) is 0 Å². The van der Waals surface area contributed by atoms with Crippen molar-refractivity contribution in [1.82, 2.24) is 14.9 Å². The van der Waals surface area contributed by atoms with Crippen molar-refractivity contribution in [3.05, 3.63) is 48.0 Å². The standard InChI is InChI=1S/C15H19FN4O/c1-20(2)14(11-5-4-6-13(7-11)21-3)10-19-15-17-8-12(16)9-18-15/h4-9,14H,10H2,1-3H3,(H,17,18,19). The average molecular weight is 290 g/mol. The number of rotatable bonds is 6. The second kappa shape index (κ2) is 6.99. The average Bonchev–Trinajstić information content (AvgIpc) is 2.49. The van der Waals surface area contributed by atoms with Gasteiger partial charge < -0.3 is 15.0 Å². The highest BCUT2D eigenvalue weighted by molar-refractivity contribution is 5.32. The number of hydrogen-bond acceptors (Lipinski definition) is 5. The lowest BCUT2D eigenvalue weighted by atomic mass is 10.1. The predicted molar refractivity (Wildman–Crippen MR) is 79.9 cm³/mol. The van der Waals surface area contributed by atoms with Crippen LogP contribution in [0.4, 0.5) is 10.3 Å². The molecule has 1 atom stereocenters. The fourth-order valence-corrected chi connectivity index (χ4v) is 2.04. The molecule has 1 aromatic carbocycles. The Morgan fingerprint density at radius 3 is 2.62 bits per heavy atom. The van der Waals surface area contributed by atoms with Gasteiger partial charge in [0.1, 0.15) is 5.75 Å². The Morgan fingerprint density at radius 2 is 2.00 bits per heavy atom. The first-order chi connectivity index (χ1) is 10.1. The molecule has 0 bridgehead atoms. The van der Waals surface area contributed by atoms with Gasteiger partial charge in [0, 0.05) is 6.54 Å². The van der Waals surface area contributed by atoms with E-state index in [0.717, 1.165) is 23.7 Å². The minimum atomic E-state index is -0.447. The summed E-state index contributed by atoms with van der Waals surface area (Å²) in [5.41, 5.74) is 1.12. The van der Waals surface area contributed by atoms with Crippen LogP contribution in [0.5, 0.6) is 5.75 Å². The molecule has 0 fully saturated rings. The van der Waals surface area contributed by atoms with Crippen LogP contribution in [-0.2, 0) is 0 Å². The molecular formula is C15H19FN4O. The molecular weight excluding hydrogens is 271 g/mol. The Hall–Kier alpha value is -2.21. The molecule has 0 saturated heterocycles. The van der Waals surface area contributed by atoms with Gasteiger partial charge in [-0.1, -0.05) is 12.1 Å². The number of benzene rings is 1. The lowest BCUT2D eigenvalue weighted by Crippen LogP contribution is -2.27. The van der Waals surface area contributed by atoms with E-state index in [-0.39, 0.29) is 6.04 Å². The highest BCUT2D eigenvalue weighted by Crippen LogP contribution is 2.22. The summed E-state index contributed by atoms with van der Waals surface area (Å²) >= 11 is 0. The molecule has 21 heavy (non-hydrogen) atoms. The van der Waals surface area contributed by atoms with Gasteiger partial charge in [-0.05, 0) is 31.8 Å². The molecule has 0 radical (unpaired) electrons. The Bertz CT molecular complexity index is 574. The molecule has 0 amide bonds. The van der Waals surface area contributed by atoms with Gasteiger partial charge in [-0.3, -0.25) is 0 Å². The molecule has 112 valence electrons. The number of aromatic nitrogens is 2. The minimum absolute atomic E-state index is 0.119. The minimum Gasteiger partial charge on any atom is -0.497 e. The van der Waals surface area contributed by atoms with E-state index in [1.165, 1.54) is 0 Å². The molecule has 1 N–H and O–H groups in total. The molecule has 1 heterocycles. The van der Waals surface area contributed by atoms with Gasteiger partial charge in [-0.2, -0.15) is 0 Å². The maximum atomic E-state index is 12.8. The van der Waals surface area contributed by atoms with Gasteiger partial charge >= 0.3 is 0 Å². The Balaban J connectivity index is 2.10. The molecule has 0 spiro atoms. The zero-order chi connectivity index (χ0) is 15.2. The van der Waals surface area contributed by atoms with Crippen molar-refractivity contribution < 1.29 is 9.13 Å². The first-order valence-corrected chi connectivity index (χ1v) is 6.62. The Morgan fingerprint density at radius 1 is 1.29 bits per heavy atom. The summed E-state index contributed by atoms with van der Waals surface area (Å²) < 4.78 is 18.0. The summed E-state index contributed by atoms with van der Waals surface area (Å²) in [5, 5.41) is 3.12. The first kappa shape index (κ1) is 15.2. The number of halogens is 1. The number of likely N-dealkylation sites (N-methyl/N-ethyl adjacent to an activating group) is 1. The van der Waals surface area contributed by atoms with Gasteiger partial charge in [0.15, 0.2) is 5.82 Å². The predicted octanol–water partition coefficient (Wildman–Crippen LogP) is 2.34. The Kier molecular flexibility index (Phi) is 5.05. The van der Waals surface area contributed by atoms with Gasteiger partial charge in [0.2, 0.25) is 5.95 Å². The number of methoxy groups -OCH3 is 1. The third kappa shape index (κ3) is 4.13. The fraction of sp³-hybridized carbons (Fsp3) is 0.333. The number of nitrogens with one attached hydrogen (secondary N) is 1. The van der Waals surface area contributed by atoms with Gasteiger partial charge in [0.05, 0.1) is 25.5 Å². The van der Waals surface area contributed by atoms with E-state index in [9.17, 15) is 4.39 Å². The molecule has 5 nitrogen and oxygen atoms in total. The SMILES string of the molecule is COc1cccc(C(CNc2ncc(F)cn2)N(C)C)c1. The largest absolute Gasteiger partial charge is 0.497 e. The van der Waals surface area contributed by atoms with Crippen molar-refractivity contribution in [1.29, 1.82) is 0 Å². The number of anilines is 1. The lowest BCUT2D eigenvalue weighted by molar-refractivity contribution is 0.310. The van der Waals surface area contributed by atoms with E-state index in [1.807, 2.05) is 38.4 Å². The maximum absolute atomic E-state index is 12.8. The van der Waals surface area contributed by atoms with E-state index in [1.54, 1.807) is 7.11 Å². The van der Waals surface area contributed by atoms with E-state index < -0.39 is 5.82 Å². The monoisotopic (exact) mass is 290 g/mol. The summed E-state index contributed by atoms with van der Waals surface area (Å²) in [4.78, 5) is 9.88. The van der Waals surface area contributed by atoms with Gasteiger partial charge in [0.25, 0.3) is 0 Å². The molecule has 0 aliphatic rings. The summed E-state index contributed by atoms with van der Waals surface area (Å²) in [6.07, 6.45) is 2.29. The van der Waals surface area contributed by atoms with Crippen LogP contribution < -0.4 is 10.1 Å². The molecule has 1 aromatic heterocycles. The summed E-state index contributed by atoms with van der Waals surface area (Å²) in [7, 11) is 5.64. The van der Waals surface area contributed by atoms with Crippen molar-refractivity contribution >= 4 is 5.95 Å². The highest BCUT2D eigenvalue weighted by atomic mass is 19.1. The van der Waals surface area contributed by atoms with Crippen LogP contribution in [0.3, 0.4) is 0 Å². The molecule has 1 unspecified atom stereocenters. The van der Waals surface area contributed by atoms with Crippen LogP contribution in [0.1, 0.15) is 11.6 Å². The van der Waals surface area contributed by atoms with Gasteiger partial charge in [-0.25, -0.2) is 14.4 Å². The summed E-state index contributed by atoms with van der Waals surface area (Å²) in [6.45, 7) is 0.603. The van der Waals surface area contributed by atoms with Crippen LogP contribution in [-0.4, -0.2) is 42.6 Å². The highest BCUT2D eigenvalue weighted by Gasteiger charge is 2.15. The topological polar surface area (TPSA) is 50.3 Å². The van der Waals surface area contributed by atoms with Crippen LogP contribution in [0.15, 0.2) is 36.7 Å². The van der Waals surface area contributed by atoms with Crippen LogP contribution in [0.25, 0.3) is 0 Å². The van der Waals surface area contributed by atoms with E-state index >= 15 is 0 Å². The zero-order valence-corrected chi connectivity index (χ0v) is 12.4. The second-order valence-corrected chi connectivity index (χ2v) is 4.86. The molecule has 6 heteroatoms. The second-order valence-electron chi connectivity index (χ2n) is 4.86. The first-order valence-electron chi connectivity index (χ1n) is 6.62. The van der Waals surface area contributed by atoms with Crippen molar-refractivity contribution in [2.45, 2.75) is 6.04 Å². The maximum Gasteiger partial charge on any atom is 0.222 e. The number of nitrogens with zero attached hydrogens (tertiary/aromatic N) is 3. The normalized spacial score (nSPS) is 12.2.